The summed E-state index contributed by atoms with van der Waals surface area (Å²) in [5, 5.41) is 6.97. The molecule has 0 aliphatic carbocycles. The van der Waals surface area contributed by atoms with E-state index in [1.165, 1.54) is 0 Å². The SMILES string of the molecule is Brc1[c-]nncc1.[V+2]. The summed E-state index contributed by atoms with van der Waals surface area (Å²) in [4.78, 5) is 0. The molecule has 0 fully saturated rings. The van der Waals surface area contributed by atoms with Crippen LogP contribution in [0.4, 0.5) is 0 Å². The average molecular weight is 209 g/mol. The molecule has 0 aromatic carbocycles. The maximum absolute atomic E-state index is 3.51. The number of nitrogens with zero attached hydrogens (tertiary/aromatic N) is 2. The van der Waals surface area contributed by atoms with Crippen LogP contribution in [0.1, 0.15) is 0 Å². The van der Waals surface area contributed by atoms with E-state index < -0.39 is 0 Å². The number of aromatic nitrogens is 2. The molecule has 8 heavy (non-hydrogen) atoms. The predicted octanol–water partition coefficient (Wildman–Crippen LogP) is 1.04. The third-order valence-corrected chi connectivity index (χ3v) is 0.944. The van der Waals surface area contributed by atoms with Crippen molar-refractivity contribution in [3.05, 3.63) is 22.9 Å². The molecule has 1 aromatic heterocycles. The van der Waals surface area contributed by atoms with Crippen molar-refractivity contribution in [3.63, 3.8) is 0 Å². The van der Waals surface area contributed by atoms with Gasteiger partial charge in [0.05, 0.1) is 0 Å². The van der Waals surface area contributed by atoms with Gasteiger partial charge >= 0.3 is 18.6 Å². The molecule has 1 radical (unpaired) electrons. The fourth-order valence-corrected chi connectivity index (χ4v) is 0.444. The molecule has 1 rings (SSSR count). The fourth-order valence-electron chi connectivity index (χ4n) is 0.246. The van der Waals surface area contributed by atoms with E-state index in [4.69, 9.17) is 0 Å². The maximum atomic E-state index is 3.51. The van der Waals surface area contributed by atoms with E-state index in [1.54, 1.807) is 12.3 Å². The minimum atomic E-state index is 0. The first-order valence-electron chi connectivity index (χ1n) is 1.74. The second-order valence-corrected chi connectivity index (χ2v) is 1.85. The number of hydrogen-bond acceptors (Lipinski definition) is 2. The van der Waals surface area contributed by atoms with Gasteiger partial charge in [-0.1, -0.05) is 15.9 Å². The van der Waals surface area contributed by atoms with Crippen LogP contribution in [0, 0.1) is 6.20 Å². The molecule has 0 unspecified atom stereocenters. The zero-order valence-corrected chi connectivity index (χ0v) is 6.86. The van der Waals surface area contributed by atoms with Crippen LogP contribution < -0.4 is 0 Å². The maximum Gasteiger partial charge on any atom is 2.00 e. The summed E-state index contributed by atoms with van der Waals surface area (Å²) in [6, 6.07) is 1.77. The zero-order chi connectivity index (χ0) is 5.11. The number of halogens is 1. The predicted molar refractivity (Wildman–Crippen MR) is 28.6 cm³/mol. The second-order valence-electron chi connectivity index (χ2n) is 0.991. The van der Waals surface area contributed by atoms with Gasteiger partial charge in [-0.05, 0) is 6.20 Å². The Hall–Kier alpha value is 0.144. The Bertz CT molecular complexity index is 144. The summed E-state index contributed by atoms with van der Waals surface area (Å²) in [5.74, 6) is 0. The van der Waals surface area contributed by atoms with E-state index in [-0.39, 0.29) is 18.6 Å². The summed E-state index contributed by atoms with van der Waals surface area (Å²) in [5.41, 5.74) is 0. The standard InChI is InChI=1S/C4H2BrN2.V/c5-4-1-2-6-7-3-4;/h1-2H;/q-1;+2. The van der Waals surface area contributed by atoms with Crippen LogP contribution >= 0.6 is 15.9 Å². The minimum Gasteiger partial charge on any atom is -0.267 e. The van der Waals surface area contributed by atoms with Gasteiger partial charge in [-0.25, -0.2) is 0 Å². The van der Waals surface area contributed by atoms with Crippen molar-refractivity contribution in [3.8, 4) is 0 Å². The van der Waals surface area contributed by atoms with Gasteiger partial charge in [-0.3, -0.25) is 5.10 Å². The first-order chi connectivity index (χ1) is 3.39. The van der Waals surface area contributed by atoms with Crippen LogP contribution in [-0.4, -0.2) is 10.2 Å². The van der Waals surface area contributed by atoms with E-state index in [2.05, 4.69) is 32.3 Å². The van der Waals surface area contributed by atoms with E-state index in [0.29, 0.717) is 0 Å². The summed E-state index contributed by atoms with van der Waals surface area (Å²) < 4.78 is 0.836. The third kappa shape index (κ3) is 2.45. The van der Waals surface area contributed by atoms with Crippen LogP contribution in [-0.2, 0) is 18.6 Å². The van der Waals surface area contributed by atoms with E-state index >= 15 is 0 Å². The molecule has 1 aromatic rings. The Labute approximate surface area is 67.7 Å². The van der Waals surface area contributed by atoms with Crippen LogP contribution in [0.3, 0.4) is 0 Å². The molecule has 0 saturated heterocycles. The van der Waals surface area contributed by atoms with Crippen molar-refractivity contribution in [2.24, 2.45) is 0 Å². The number of rotatable bonds is 0. The molecule has 0 bridgehead atoms. The molecule has 39 valence electrons. The minimum absolute atomic E-state index is 0. The quantitative estimate of drug-likeness (QED) is 0.596. The Kier molecular flexibility index (Phi) is 4.14. The van der Waals surface area contributed by atoms with Crippen LogP contribution in [0.5, 0.6) is 0 Å². The Morgan fingerprint density at radius 3 is 2.62 bits per heavy atom. The smallest absolute Gasteiger partial charge is 0.267 e. The molecule has 0 aliphatic rings. The normalized spacial score (nSPS) is 7.62. The molecule has 0 aliphatic heterocycles. The van der Waals surface area contributed by atoms with Gasteiger partial charge in [0.1, 0.15) is 0 Å². The molecular formula is C4H2BrN2V+. The van der Waals surface area contributed by atoms with Crippen molar-refractivity contribution in [1.29, 1.82) is 0 Å². The van der Waals surface area contributed by atoms with Crippen LogP contribution in [0.15, 0.2) is 16.7 Å². The molecule has 0 atom stereocenters. The first-order valence-corrected chi connectivity index (χ1v) is 2.54. The molecule has 2 nitrogen and oxygen atoms in total. The largest absolute Gasteiger partial charge is 2.00 e. The monoisotopic (exact) mass is 208 g/mol. The van der Waals surface area contributed by atoms with Crippen molar-refractivity contribution >= 4 is 15.9 Å². The van der Waals surface area contributed by atoms with Gasteiger partial charge in [0.25, 0.3) is 0 Å². The van der Waals surface area contributed by atoms with Crippen molar-refractivity contribution < 1.29 is 18.6 Å². The van der Waals surface area contributed by atoms with Gasteiger partial charge in [0, 0.05) is 0 Å². The fraction of sp³-hybridized carbons (Fsp3) is 0. The third-order valence-electron chi connectivity index (χ3n) is 0.502. The van der Waals surface area contributed by atoms with Crippen molar-refractivity contribution in [2.45, 2.75) is 0 Å². The Balaban J connectivity index is 0.000000490. The van der Waals surface area contributed by atoms with Gasteiger partial charge in [0.2, 0.25) is 0 Å². The van der Waals surface area contributed by atoms with Gasteiger partial charge < -0.3 is 0 Å². The van der Waals surface area contributed by atoms with Crippen LogP contribution in [0.2, 0.25) is 0 Å². The molecule has 0 spiro atoms. The summed E-state index contributed by atoms with van der Waals surface area (Å²) in [6.07, 6.45) is 4.18. The van der Waals surface area contributed by atoms with Gasteiger partial charge in [-0.15, -0.1) is 10.7 Å². The number of hydrogen-bond donors (Lipinski definition) is 0. The Morgan fingerprint density at radius 2 is 2.38 bits per heavy atom. The van der Waals surface area contributed by atoms with Crippen LogP contribution in [0.25, 0.3) is 0 Å². The molecule has 0 amide bonds. The van der Waals surface area contributed by atoms with Crippen molar-refractivity contribution in [1.82, 2.24) is 10.2 Å². The van der Waals surface area contributed by atoms with Gasteiger partial charge in [-0.2, -0.15) is 11.2 Å². The molecule has 4 heteroatoms. The van der Waals surface area contributed by atoms with Gasteiger partial charge in [0.15, 0.2) is 0 Å². The van der Waals surface area contributed by atoms with Crippen molar-refractivity contribution in [2.75, 3.05) is 0 Å². The molecule has 0 N–H and O–H groups in total. The molecular weight excluding hydrogens is 207 g/mol. The van der Waals surface area contributed by atoms with E-state index in [1.807, 2.05) is 0 Å². The summed E-state index contributed by atoms with van der Waals surface area (Å²) in [7, 11) is 0. The second kappa shape index (κ2) is 4.07. The topological polar surface area (TPSA) is 25.8 Å². The first kappa shape index (κ1) is 8.14. The summed E-state index contributed by atoms with van der Waals surface area (Å²) >= 11 is 3.15. The van der Waals surface area contributed by atoms with E-state index in [0.717, 1.165) is 4.47 Å². The zero-order valence-electron chi connectivity index (χ0n) is 3.87. The average Bonchev–Trinajstić information content (AvgIpc) is 1.69. The molecule has 1 heterocycles. The summed E-state index contributed by atoms with van der Waals surface area (Å²) in [6.45, 7) is 0. The molecule has 0 saturated carbocycles. The van der Waals surface area contributed by atoms with E-state index in [9.17, 15) is 0 Å². The Morgan fingerprint density at radius 1 is 1.62 bits per heavy atom.